The van der Waals surface area contributed by atoms with Crippen molar-refractivity contribution in [3.63, 3.8) is 0 Å². The van der Waals surface area contributed by atoms with Gasteiger partial charge >= 0.3 is 5.97 Å². The van der Waals surface area contributed by atoms with E-state index in [1.54, 1.807) is 24.4 Å². The van der Waals surface area contributed by atoms with E-state index in [-0.39, 0.29) is 6.61 Å². The van der Waals surface area contributed by atoms with Crippen LogP contribution >= 0.6 is 11.6 Å². The van der Waals surface area contributed by atoms with Crippen molar-refractivity contribution in [2.75, 3.05) is 0 Å². The summed E-state index contributed by atoms with van der Waals surface area (Å²) in [5.41, 5.74) is 2.63. The molecule has 0 N–H and O–H groups in total. The van der Waals surface area contributed by atoms with Gasteiger partial charge in [-0.1, -0.05) is 48.0 Å². The number of nitrogens with zero attached hydrogens (tertiary/aromatic N) is 1. The van der Waals surface area contributed by atoms with Gasteiger partial charge in [0.1, 0.15) is 6.61 Å². The Morgan fingerprint density at radius 3 is 2.70 bits per heavy atom. The van der Waals surface area contributed by atoms with E-state index >= 15 is 0 Å². The fourth-order valence-corrected chi connectivity index (χ4v) is 2.33. The standard InChI is InChI=1S/C19H14ClNO2/c20-17-9-6-14(7-10-17)13-23-18(22)11-8-16-4-1-3-15-5-2-12-21-19(15)16/h1-12H,13H2/b11-8+. The average Bonchev–Trinajstić information content (AvgIpc) is 2.59. The number of fused-ring (bicyclic) bond motifs is 1. The molecule has 2 aromatic carbocycles. The van der Waals surface area contributed by atoms with Crippen LogP contribution in [0.4, 0.5) is 0 Å². The smallest absolute Gasteiger partial charge is 0.331 e. The van der Waals surface area contributed by atoms with Crippen molar-refractivity contribution in [2.45, 2.75) is 6.61 Å². The SMILES string of the molecule is O=C(/C=C/c1cccc2cccnc12)OCc1ccc(Cl)cc1. The first-order chi connectivity index (χ1) is 11.2. The van der Waals surface area contributed by atoms with Crippen LogP contribution in [0, 0.1) is 0 Å². The normalized spacial score (nSPS) is 11.0. The molecule has 0 fully saturated rings. The molecule has 0 unspecified atom stereocenters. The third kappa shape index (κ3) is 3.96. The quantitative estimate of drug-likeness (QED) is 0.518. The fourth-order valence-electron chi connectivity index (χ4n) is 2.20. The summed E-state index contributed by atoms with van der Waals surface area (Å²) in [5, 5.41) is 1.69. The van der Waals surface area contributed by atoms with E-state index in [1.807, 2.05) is 42.5 Å². The van der Waals surface area contributed by atoms with E-state index in [0.29, 0.717) is 5.02 Å². The fraction of sp³-hybridized carbons (Fsp3) is 0.0526. The summed E-state index contributed by atoms with van der Waals surface area (Å²) >= 11 is 5.81. The molecule has 1 aromatic heterocycles. The lowest BCUT2D eigenvalue weighted by Crippen LogP contribution is -2.00. The minimum atomic E-state index is -0.395. The number of benzene rings is 2. The van der Waals surface area contributed by atoms with E-state index in [4.69, 9.17) is 16.3 Å². The Bertz CT molecular complexity index is 851. The van der Waals surface area contributed by atoms with E-state index in [0.717, 1.165) is 22.0 Å². The van der Waals surface area contributed by atoms with Gasteiger partial charge in [-0.3, -0.25) is 4.98 Å². The topological polar surface area (TPSA) is 39.2 Å². The number of hydrogen-bond donors (Lipinski definition) is 0. The summed E-state index contributed by atoms with van der Waals surface area (Å²) in [5.74, 6) is -0.395. The number of carbonyl (C=O) groups is 1. The summed E-state index contributed by atoms with van der Waals surface area (Å²) in [7, 11) is 0. The van der Waals surface area contributed by atoms with Crippen LogP contribution in [0.5, 0.6) is 0 Å². The van der Waals surface area contributed by atoms with E-state index in [9.17, 15) is 4.79 Å². The Labute approximate surface area is 139 Å². The summed E-state index contributed by atoms with van der Waals surface area (Å²) < 4.78 is 5.21. The van der Waals surface area contributed by atoms with Crippen molar-refractivity contribution in [2.24, 2.45) is 0 Å². The number of esters is 1. The summed E-state index contributed by atoms with van der Waals surface area (Å²) in [4.78, 5) is 16.2. The third-order valence-electron chi connectivity index (χ3n) is 3.36. The second-order valence-electron chi connectivity index (χ2n) is 4.99. The number of ether oxygens (including phenoxy) is 1. The minimum absolute atomic E-state index is 0.216. The van der Waals surface area contributed by atoms with Crippen LogP contribution < -0.4 is 0 Å². The van der Waals surface area contributed by atoms with Crippen molar-refractivity contribution in [3.05, 3.63) is 83.0 Å². The van der Waals surface area contributed by atoms with Crippen molar-refractivity contribution in [3.8, 4) is 0 Å². The summed E-state index contributed by atoms with van der Waals surface area (Å²) in [6.07, 6.45) is 4.87. The zero-order valence-corrected chi connectivity index (χ0v) is 13.0. The van der Waals surface area contributed by atoms with Gasteiger partial charge in [-0.15, -0.1) is 0 Å². The first kappa shape index (κ1) is 15.3. The molecule has 0 amide bonds. The molecule has 0 bridgehead atoms. The van der Waals surface area contributed by atoms with Crippen molar-refractivity contribution < 1.29 is 9.53 Å². The lowest BCUT2D eigenvalue weighted by molar-refractivity contribution is -0.138. The van der Waals surface area contributed by atoms with Crippen LogP contribution in [0.25, 0.3) is 17.0 Å². The highest BCUT2D eigenvalue weighted by Gasteiger charge is 2.01. The Morgan fingerprint density at radius 2 is 1.87 bits per heavy atom. The largest absolute Gasteiger partial charge is 0.458 e. The Hall–Kier alpha value is -2.65. The van der Waals surface area contributed by atoms with Crippen LogP contribution in [-0.4, -0.2) is 11.0 Å². The highest BCUT2D eigenvalue weighted by molar-refractivity contribution is 6.30. The maximum Gasteiger partial charge on any atom is 0.331 e. The van der Waals surface area contributed by atoms with Crippen molar-refractivity contribution in [1.82, 2.24) is 4.98 Å². The first-order valence-corrected chi connectivity index (χ1v) is 7.53. The zero-order valence-electron chi connectivity index (χ0n) is 12.3. The van der Waals surface area contributed by atoms with Crippen LogP contribution in [0.2, 0.25) is 5.02 Å². The second kappa shape index (κ2) is 7.07. The molecule has 0 saturated carbocycles. The van der Waals surface area contributed by atoms with Gasteiger partial charge in [0.2, 0.25) is 0 Å². The molecule has 3 nitrogen and oxygen atoms in total. The summed E-state index contributed by atoms with van der Waals surface area (Å²) in [6.45, 7) is 0.216. The number of carbonyl (C=O) groups excluding carboxylic acids is 1. The van der Waals surface area contributed by atoms with Crippen LogP contribution in [0.3, 0.4) is 0 Å². The Morgan fingerprint density at radius 1 is 1.09 bits per heavy atom. The molecule has 23 heavy (non-hydrogen) atoms. The van der Waals surface area contributed by atoms with Gasteiger partial charge in [0, 0.05) is 28.2 Å². The first-order valence-electron chi connectivity index (χ1n) is 7.15. The second-order valence-corrected chi connectivity index (χ2v) is 5.43. The molecule has 4 heteroatoms. The molecule has 1 heterocycles. The molecule has 3 aromatic rings. The lowest BCUT2D eigenvalue weighted by atomic mass is 10.1. The van der Waals surface area contributed by atoms with Gasteiger partial charge in [-0.2, -0.15) is 0 Å². The van der Waals surface area contributed by atoms with E-state index < -0.39 is 5.97 Å². The molecule has 3 rings (SSSR count). The van der Waals surface area contributed by atoms with Gasteiger partial charge in [0.25, 0.3) is 0 Å². The average molecular weight is 324 g/mol. The molecule has 0 aliphatic rings. The monoisotopic (exact) mass is 323 g/mol. The maximum atomic E-state index is 11.8. The third-order valence-corrected chi connectivity index (χ3v) is 3.61. The summed E-state index contributed by atoms with van der Waals surface area (Å²) in [6, 6.07) is 16.9. The molecular weight excluding hydrogens is 310 g/mol. The van der Waals surface area contributed by atoms with Gasteiger partial charge in [-0.05, 0) is 29.8 Å². The maximum absolute atomic E-state index is 11.8. The Balaban J connectivity index is 1.67. The molecule has 114 valence electrons. The predicted octanol–water partition coefficient (Wildman–Crippen LogP) is 4.64. The predicted molar refractivity (Wildman–Crippen MR) is 92.0 cm³/mol. The van der Waals surface area contributed by atoms with E-state index in [1.165, 1.54) is 6.08 Å². The molecule has 0 saturated heterocycles. The molecule has 0 spiro atoms. The van der Waals surface area contributed by atoms with Crippen molar-refractivity contribution >= 4 is 34.5 Å². The van der Waals surface area contributed by atoms with Gasteiger partial charge in [0.15, 0.2) is 0 Å². The highest BCUT2D eigenvalue weighted by Crippen LogP contribution is 2.17. The Kier molecular flexibility index (Phi) is 4.69. The molecular formula is C19H14ClNO2. The van der Waals surface area contributed by atoms with Crippen LogP contribution in [0.15, 0.2) is 66.9 Å². The number of halogens is 1. The molecule has 0 atom stereocenters. The zero-order chi connectivity index (χ0) is 16.1. The van der Waals surface area contributed by atoms with Gasteiger partial charge < -0.3 is 4.74 Å². The number of aromatic nitrogens is 1. The highest BCUT2D eigenvalue weighted by atomic mass is 35.5. The van der Waals surface area contributed by atoms with Gasteiger partial charge in [0.05, 0.1) is 5.52 Å². The molecule has 0 aliphatic carbocycles. The van der Waals surface area contributed by atoms with E-state index in [2.05, 4.69) is 4.98 Å². The minimum Gasteiger partial charge on any atom is -0.458 e. The van der Waals surface area contributed by atoms with Crippen molar-refractivity contribution in [1.29, 1.82) is 0 Å². The number of hydrogen-bond acceptors (Lipinski definition) is 3. The van der Waals surface area contributed by atoms with Gasteiger partial charge in [-0.25, -0.2) is 4.79 Å². The number of rotatable bonds is 4. The number of pyridine rings is 1. The molecule has 0 radical (unpaired) electrons. The lowest BCUT2D eigenvalue weighted by Gasteiger charge is -2.03. The molecule has 0 aliphatic heterocycles. The number of para-hydroxylation sites is 1. The van der Waals surface area contributed by atoms with Crippen LogP contribution in [-0.2, 0) is 16.1 Å². The van der Waals surface area contributed by atoms with Crippen LogP contribution in [0.1, 0.15) is 11.1 Å².